The molecule has 88 valence electrons. The van der Waals surface area contributed by atoms with Crippen LogP contribution in [0.4, 0.5) is 0 Å². The van der Waals surface area contributed by atoms with E-state index in [-0.39, 0.29) is 0 Å². The first kappa shape index (κ1) is 11.4. The lowest BCUT2D eigenvalue weighted by atomic mass is 9.85. The zero-order valence-electron chi connectivity index (χ0n) is 9.91. The maximum absolute atomic E-state index is 6.24. The highest BCUT2D eigenvalue weighted by Crippen LogP contribution is 2.47. The van der Waals surface area contributed by atoms with Crippen molar-refractivity contribution in [2.24, 2.45) is 23.5 Å². The van der Waals surface area contributed by atoms with Crippen molar-refractivity contribution in [3.05, 3.63) is 0 Å². The van der Waals surface area contributed by atoms with Crippen molar-refractivity contribution in [2.75, 3.05) is 20.2 Å². The van der Waals surface area contributed by atoms with Crippen molar-refractivity contribution in [1.29, 1.82) is 0 Å². The number of hydrogen-bond acceptors (Lipinski definition) is 3. The van der Waals surface area contributed by atoms with Crippen molar-refractivity contribution < 1.29 is 4.74 Å². The molecular weight excluding hydrogens is 188 g/mol. The van der Waals surface area contributed by atoms with Gasteiger partial charge in [0.25, 0.3) is 0 Å². The Balaban J connectivity index is 1.71. The molecule has 5 unspecified atom stereocenters. The summed E-state index contributed by atoms with van der Waals surface area (Å²) >= 11 is 0. The summed E-state index contributed by atoms with van der Waals surface area (Å²) in [6, 6.07) is 0.453. The van der Waals surface area contributed by atoms with Crippen LogP contribution in [0.15, 0.2) is 0 Å². The molecule has 3 N–H and O–H groups in total. The van der Waals surface area contributed by atoms with Crippen LogP contribution in [0.5, 0.6) is 0 Å². The fraction of sp³-hybridized carbons (Fsp3) is 1.00. The summed E-state index contributed by atoms with van der Waals surface area (Å²) in [7, 11) is 1.76. The number of hydrogen-bond donors (Lipinski definition) is 2. The molecule has 0 heterocycles. The zero-order chi connectivity index (χ0) is 10.8. The second kappa shape index (κ2) is 4.81. The largest absolute Gasteiger partial charge is 0.380 e. The van der Waals surface area contributed by atoms with Gasteiger partial charge in [0.1, 0.15) is 0 Å². The van der Waals surface area contributed by atoms with Gasteiger partial charge < -0.3 is 15.8 Å². The Morgan fingerprint density at radius 1 is 1.40 bits per heavy atom. The van der Waals surface area contributed by atoms with E-state index in [1.54, 1.807) is 7.11 Å². The van der Waals surface area contributed by atoms with E-state index in [4.69, 9.17) is 10.5 Å². The summed E-state index contributed by atoms with van der Waals surface area (Å²) in [4.78, 5) is 0. The van der Waals surface area contributed by atoms with Crippen LogP contribution in [0.25, 0.3) is 0 Å². The fourth-order valence-corrected chi connectivity index (χ4v) is 3.29. The Morgan fingerprint density at radius 3 is 2.73 bits per heavy atom. The molecular formula is C12H24N2O. The van der Waals surface area contributed by atoms with Crippen molar-refractivity contribution in [3.8, 4) is 0 Å². The van der Waals surface area contributed by atoms with Crippen LogP contribution >= 0.6 is 0 Å². The van der Waals surface area contributed by atoms with Crippen LogP contribution in [0.1, 0.15) is 26.2 Å². The molecule has 5 atom stereocenters. The molecule has 0 aliphatic heterocycles. The third-order valence-corrected chi connectivity index (χ3v) is 4.37. The number of ether oxygens (including phenoxy) is 1. The van der Waals surface area contributed by atoms with Gasteiger partial charge in [-0.15, -0.1) is 0 Å². The summed E-state index contributed by atoms with van der Waals surface area (Å²) in [5, 5.41) is 3.49. The molecule has 3 heteroatoms. The molecule has 3 nitrogen and oxygen atoms in total. The fourth-order valence-electron chi connectivity index (χ4n) is 3.29. The maximum atomic E-state index is 6.24. The first-order valence-corrected chi connectivity index (χ1v) is 6.21. The minimum absolute atomic E-state index is 0.305. The summed E-state index contributed by atoms with van der Waals surface area (Å²) in [6.45, 7) is 4.11. The van der Waals surface area contributed by atoms with Gasteiger partial charge in [-0.3, -0.25) is 0 Å². The molecule has 2 aliphatic rings. The summed E-state index contributed by atoms with van der Waals surface area (Å²) < 4.78 is 5.21. The van der Waals surface area contributed by atoms with E-state index >= 15 is 0 Å². The van der Waals surface area contributed by atoms with Crippen LogP contribution in [0, 0.1) is 17.8 Å². The molecule has 0 aromatic carbocycles. The Bertz CT molecular complexity index is 208. The molecule has 0 aromatic rings. The average molecular weight is 212 g/mol. The van der Waals surface area contributed by atoms with Gasteiger partial charge in [0, 0.05) is 19.7 Å². The monoisotopic (exact) mass is 212 g/mol. The average Bonchev–Trinajstić information content (AvgIpc) is 2.81. The van der Waals surface area contributed by atoms with E-state index in [9.17, 15) is 0 Å². The SMILES string of the molecule is COC(C)CNCC1C2CCC(C2)C1N. The first-order valence-electron chi connectivity index (χ1n) is 6.21. The van der Waals surface area contributed by atoms with Crippen LogP contribution in [-0.4, -0.2) is 32.3 Å². The van der Waals surface area contributed by atoms with Gasteiger partial charge >= 0.3 is 0 Å². The van der Waals surface area contributed by atoms with Crippen molar-refractivity contribution in [1.82, 2.24) is 5.32 Å². The van der Waals surface area contributed by atoms with Gasteiger partial charge in [-0.25, -0.2) is 0 Å². The number of nitrogens with two attached hydrogens (primary N) is 1. The van der Waals surface area contributed by atoms with Gasteiger partial charge in [0.15, 0.2) is 0 Å². The third-order valence-electron chi connectivity index (χ3n) is 4.37. The normalized spacial score (nSPS) is 41.0. The maximum Gasteiger partial charge on any atom is 0.0667 e. The van der Waals surface area contributed by atoms with Gasteiger partial charge in [0.05, 0.1) is 6.10 Å². The molecule has 2 aliphatic carbocycles. The molecule has 0 radical (unpaired) electrons. The van der Waals surface area contributed by atoms with Crippen LogP contribution in [0.3, 0.4) is 0 Å². The zero-order valence-corrected chi connectivity index (χ0v) is 9.91. The Hall–Kier alpha value is -0.120. The molecule has 2 rings (SSSR count). The Kier molecular flexibility index (Phi) is 3.65. The van der Waals surface area contributed by atoms with Crippen LogP contribution in [0.2, 0.25) is 0 Å². The van der Waals surface area contributed by atoms with E-state index in [1.807, 2.05) is 0 Å². The Labute approximate surface area is 92.7 Å². The summed E-state index contributed by atoms with van der Waals surface area (Å²) in [6.07, 6.45) is 4.47. The second-order valence-electron chi connectivity index (χ2n) is 5.28. The highest BCUT2D eigenvalue weighted by molar-refractivity contribution is 4.99. The number of rotatable bonds is 5. The van der Waals surface area contributed by atoms with E-state index in [1.165, 1.54) is 19.3 Å². The highest BCUT2D eigenvalue weighted by Gasteiger charge is 2.45. The van der Waals surface area contributed by atoms with E-state index < -0.39 is 0 Å². The quantitative estimate of drug-likeness (QED) is 0.714. The Morgan fingerprint density at radius 2 is 2.13 bits per heavy atom. The molecule has 0 aromatic heterocycles. The van der Waals surface area contributed by atoms with Gasteiger partial charge in [0.2, 0.25) is 0 Å². The number of nitrogens with one attached hydrogen (secondary N) is 1. The minimum Gasteiger partial charge on any atom is -0.380 e. The predicted molar refractivity (Wildman–Crippen MR) is 61.6 cm³/mol. The molecule has 0 saturated heterocycles. The lowest BCUT2D eigenvalue weighted by Gasteiger charge is -2.28. The van der Waals surface area contributed by atoms with E-state index in [0.717, 1.165) is 24.9 Å². The van der Waals surface area contributed by atoms with Gasteiger partial charge in [-0.05, 0) is 50.5 Å². The molecule has 15 heavy (non-hydrogen) atoms. The van der Waals surface area contributed by atoms with Crippen molar-refractivity contribution >= 4 is 0 Å². The van der Waals surface area contributed by atoms with Gasteiger partial charge in [-0.1, -0.05) is 0 Å². The standard InChI is InChI=1S/C12H24N2O/c1-8(15-2)6-14-7-11-9-3-4-10(5-9)12(11)13/h8-12,14H,3-7,13H2,1-2H3. The van der Waals surface area contributed by atoms with Crippen LogP contribution in [-0.2, 0) is 4.74 Å². The van der Waals surface area contributed by atoms with Gasteiger partial charge in [-0.2, -0.15) is 0 Å². The smallest absolute Gasteiger partial charge is 0.0667 e. The lowest BCUT2D eigenvalue weighted by Crippen LogP contribution is -2.42. The molecule has 2 bridgehead atoms. The van der Waals surface area contributed by atoms with Crippen LogP contribution < -0.4 is 11.1 Å². The van der Waals surface area contributed by atoms with E-state index in [0.29, 0.717) is 18.1 Å². The molecule has 0 spiro atoms. The molecule has 2 saturated carbocycles. The molecule has 0 amide bonds. The molecule has 2 fully saturated rings. The number of methoxy groups -OCH3 is 1. The topological polar surface area (TPSA) is 47.3 Å². The highest BCUT2D eigenvalue weighted by atomic mass is 16.5. The van der Waals surface area contributed by atoms with E-state index in [2.05, 4.69) is 12.2 Å². The minimum atomic E-state index is 0.305. The number of fused-ring (bicyclic) bond motifs is 2. The van der Waals surface area contributed by atoms with Crippen molar-refractivity contribution in [3.63, 3.8) is 0 Å². The summed E-state index contributed by atoms with van der Waals surface area (Å²) in [5.74, 6) is 2.44. The first-order chi connectivity index (χ1) is 7.22. The third kappa shape index (κ3) is 2.35. The predicted octanol–water partition coefficient (Wildman–Crippen LogP) is 0.984. The lowest BCUT2D eigenvalue weighted by molar-refractivity contribution is 0.114. The second-order valence-corrected chi connectivity index (χ2v) is 5.28. The van der Waals surface area contributed by atoms with Crippen molar-refractivity contribution in [2.45, 2.75) is 38.3 Å². The summed E-state index contributed by atoms with van der Waals surface area (Å²) in [5.41, 5.74) is 6.24.